The van der Waals surface area contributed by atoms with Gasteiger partial charge < -0.3 is 15.8 Å². The molecule has 0 aromatic heterocycles. The second-order valence-corrected chi connectivity index (χ2v) is 5.79. The number of ether oxygens (including phenoxy) is 1. The maximum Gasteiger partial charge on any atom is 0.195 e. The van der Waals surface area contributed by atoms with Crippen LogP contribution >= 0.6 is 0 Å². The molecule has 2 aromatic rings. The molecule has 0 aliphatic rings. The Morgan fingerprint density at radius 2 is 1.96 bits per heavy atom. The molecule has 24 heavy (non-hydrogen) atoms. The van der Waals surface area contributed by atoms with E-state index in [0.29, 0.717) is 35.1 Å². The molecule has 0 heterocycles. The standard InChI is InChI=1S/C20H24N2O2/c1-4-11-24-17-9-10-19(22-13-21)18(12-17)20(23)16-7-5-15(6-8-16)14(2)3/h4-10,12,14,22H,1,11,13,21H2,2-3H3. The van der Waals surface area contributed by atoms with Crippen LogP contribution in [0.25, 0.3) is 0 Å². The lowest BCUT2D eigenvalue weighted by Crippen LogP contribution is -2.14. The van der Waals surface area contributed by atoms with Crippen LogP contribution in [0.15, 0.2) is 55.1 Å². The predicted molar refractivity (Wildman–Crippen MR) is 98.8 cm³/mol. The topological polar surface area (TPSA) is 64.3 Å². The smallest absolute Gasteiger partial charge is 0.195 e. The Hall–Kier alpha value is -2.59. The van der Waals surface area contributed by atoms with E-state index >= 15 is 0 Å². The Kier molecular flexibility index (Phi) is 6.15. The minimum atomic E-state index is -0.0645. The molecule has 0 saturated carbocycles. The maximum absolute atomic E-state index is 12.9. The second-order valence-electron chi connectivity index (χ2n) is 5.79. The molecular formula is C20H24N2O2. The van der Waals surface area contributed by atoms with E-state index in [1.54, 1.807) is 24.3 Å². The van der Waals surface area contributed by atoms with E-state index < -0.39 is 0 Å². The summed E-state index contributed by atoms with van der Waals surface area (Å²) < 4.78 is 5.54. The van der Waals surface area contributed by atoms with Gasteiger partial charge in [0.2, 0.25) is 0 Å². The molecule has 4 nitrogen and oxygen atoms in total. The number of benzene rings is 2. The van der Waals surface area contributed by atoms with Gasteiger partial charge in [-0.15, -0.1) is 0 Å². The molecule has 126 valence electrons. The van der Waals surface area contributed by atoms with Crippen LogP contribution in [0.3, 0.4) is 0 Å². The van der Waals surface area contributed by atoms with Crippen LogP contribution in [-0.2, 0) is 0 Å². The summed E-state index contributed by atoms with van der Waals surface area (Å²) in [4.78, 5) is 12.9. The highest BCUT2D eigenvalue weighted by molar-refractivity contribution is 6.12. The molecular weight excluding hydrogens is 300 g/mol. The van der Waals surface area contributed by atoms with Crippen molar-refractivity contribution in [3.63, 3.8) is 0 Å². The molecule has 0 aliphatic heterocycles. The van der Waals surface area contributed by atoms with E-state index in [0.717, 1.165) is 0 Å². The van der Waals surface area contributed by atoms with Crippen molar-refractivity contribution in [2.24, 2.45) is 5.73 Å². The highest BCUT2D eigenvalue weighted by Gasteiger charge is 2.15. The number of rotatable bonds is 8. The quantitative estimate of drug-likeness (QED) is 0.439. The minimum absolute atomic E-state index is 0.0645. The van der Waals surface area contributed by atoms with E-state index in [1.165, 1.54) is 5.56 Å². The van der Waals surface area contributed by atoms with E-state index in [2.05, 4.69) is 25.7 Å². The fourth-order valence-electron chi connectivity index (χ4n) is 2.40. The normalized spacial score (nSPS) is 10.5. The van der Waals surface area contributed by atoms with Gasteiger partial charge in [0.05, 0.1) is 6.67 Å². The monoisotopic (exact) mass is 324 g/mol. The van der Waals surface area contributed by atoms with E-state index in [9.17, 15) is 4.79 Å². The Bertz CT molecular complexity index is 706. The first kappa shape index (κ1) is 17.8. The molecule has 0 aliphatic carbocycles. The lowest BCUT2D eigenvalue weighted by molar-refractivity contribution is 0.103. The lowest BCUT2D eigenvalue weighted by atomic mass is 9.97. The van der Waals surface area contributed by atoms with Crippen molar-refractivity contribution >= 4 is 11.5 Å². The van der Waals surface area contributed by atoms with Gasteiger partial charge in [0.1, 0.15) is 12.4 Å². The van der Waals surface area contributed by atoms with E-state index in [1.807, 2.05) is 24.3 Å². The van der Waals surface area contributed by atoms with Crippen LogP contribution in [0.1, 0.15) is 41.3 Å². The molecule has 0 spiro atoms. The van der Waals surface area contributed by atoms with E-state index in [-0.39, 0.29) is 12.5 Å². The largest absolute Gasteiger partial charge is 0.490 e. The molecule has 0 fully saturated rings. The Balaban J connectivity index is 2.35. The number of nitrogens with one attached hydrogen (secondary N) is 1. The number of ketones is 1. The number of carbonyl (C=O) groups excluding carboxylic acids is 1. The third-order valence-corrected chi connectivity index (χ3v) is 3.74. The number of carbonyl (C=O) groups is 1. The summed E-state index contributed by atoms with van der Waals surface area (Å²) in [7, 11) is 0. The highest BCUT2D eigenvalue weighted by Crippen LogP contribution is 2.25. The predicted octanol–water partition coefficient (Wildman–Crippen LogP) is 3.93. The van der Waals surface area contributed by atoms with Crippen molar-refractivity contribution in [3.05, 3.63) is 71.8 Å². The molecule has 2 rings (SSSR count). The summed E-state index contributed by atoms with van der Waals surface area (Å²) in [5, 5.41) is 3.02. The third kappa shape index (κ3) is 4.24. The molecule has 0 radical (unpaired) electrons. The van der Waals surface area contributed by atoms with Crippen LogP contribution in [0.4, 0.5) is 5.69 Å². The average Bonchev–Trinajstić information content (AvgIpc) is 2.60. The molecule has 0 saturated heterocycles. The Morgan fingerprint density at radius 3 is 2.54 bits per heavy atom. The summed E-state index contributed by atoms with van der Waals surface area (Å²) in [6.45, 7) is 8.52. The minimum Gasteiger partial charge on any atom is -0.490 e. The zero-order valence-corrected chi connectivity index (χ0v) is 14.2. The van der Waals surface area contributed by atoms with Gasteiger partial charge in [0.15, 0.2) is 5.78 Å². The molecule has 4 heteroatoms. The highest BCUT2D eigenvalue weighted by atomic mass is 16.5. The van der Waals surface area contributed by atoms with Crippen LogP contribution < -0.4 is 15.8 Å². The van der Waals surface area contributed by atoms with Crippen LogP contribution in [-0.4, -0.2) is 19.1 Å². The van der Waals surface area contributed by atoms with Crippen molar-refractivity contribution in [2.75, 3.05) is 18.6 Å². The summed E-state index contributed by atoms with van der Waals surface area (Å²) in [6, 6.07) is 13.1. The molecule has 0 atom stereocenters. The lowest BCUT2D eigenvalue weighted by Gasteiger charge is -2.13. The number of nitrogens with two attached hydrogens (primary N) is 1. The van der Waals surface area contributed by atoms with Crippen molar-refractivity contribution in [2.45, 2.75) is 19.8 Å². The SMILES string of the molecule is C=CCOc1ccc(NCN)c(C(=O)c2ccc(C(C)C)cc2)c1. The zero-order chi connectivity index (χ0) is 17.5. The first-order valence-corrected chi connectivity index (χ1v) is 8.03. The van der Waals surface area contributed by atoms with Gasteiger partial charge in [0, 0.05) is 16.8 Å². The molecule has 3 N–H and O–H groups in total. The van der Waals surface area contributed by atoms with Crippen molar-refractivity contribution in [3.8, 4) is 5.75 Å². The first-order valence-electron chi connectivity index (χ1n) is 8.03. The molecule has 0 amide bonds. The number of anilines is 1. The van der Waals surface area contributed by atoms with Gasteiger partial charge in [-0.1, -0.05) is 50.8 Å². The molecule has 0 bridgehead atoms. The van der Waals surface area contributed by atoms with Gasteiger partial charge in [-0.2, -0.15) is 0 Å². The van der Waals surface area contributed by atoms with Gasteiger partial charge in [-0.3, -0.25) is 4.79 Å². The van der Waals surface area contributed by atoms with Crippen molar-refractivity contribution < 1.29 is 9.53 Å². The molecule has 0 unspecified atom stereocenters. The first-order chi connectivity index (χ1) is 11.6. The van der Waals surface area contributed by atoms with Crippen molar-refractivity contribution in [1.82, 2.24) is 0 Å². The van der Waals surface area contributed by atoms with Crippen LogP contribution in [0, 0.1) is 0 Å². The Morgan fingerprint density at radius 1 is 1.25 bits per heavy atom. The fourth-order valence-corrected chi connectivity index (χ4v) is 2.40. The molecule has 2 aromatic carbocycles. The third-order valence-electron chi connectivity index (χ3n) is 3.74. The fraction of sp³-hybridized carbons (Fsp3) is 0.250. The van der Waals surface area contributed by atoms with Gasteiger partial charge in [0.25, 0.3) is 0 Å². The summed E-state index contributed by atoms with van der Waals surface area (Å²) in [6.07, 6.45) is 1.66. The Labute approximate surface area is 143 Å². The van der Waals surface area contributed by atoms with Gasteiger partial charge in [-0.05, 0) is 29.7 Å². The van der Waals surface area contributed by atoms with Gasteiger partial charge in [-0.25, -0.2) is 0 Å². The van der Waals surface area contributed by atoms with Crippen LogP contribution in [0.2, 0.25) is 0 Å². The number of hydrogen-bond acceptors (Lipinski definition) is 4. The zero-order valence-electron chi connectivity index (χ0n) is 14.2. The van der Waals surface area contributed by atoms with Gasteiger partial charge >= 0.3 is 0 Å². The summed E-state index contributed by atoms with van der Waals surface area (Å²) >= 11 is 0. The van der Waals surface area contributed by atoms with E-state index in [4.69, 9.17) is 10.5 Å². The average molecular weight is 324 g/mol. The van der Waals surface area contributed by atoms with Crippen molar-refractivity contribution in [1.29, 1.82) is 0 Å². The number of hydrogen-bond donors (Lipinski definition) is 2. The van der Waals surface area contributed by atoms with Crippen LogP contribution in [0.5, 0.6) is 5.75 Å². The second kappa shape index (κ2) is 8.31. The summed E-state index contributed by atoms with van der Waals surface area (Å²) in [5.74, 6) is 0.990. The maximum atomic E-state index is 12.9. The summed E-state index contributed by atoms with van der Waals surface area (Å²) in [5.41, 5.74) is 8.65.